The van der Waals surface area contributed by atoms with Crippen LogP contribution in [0.25, 0.3) is 6.08 Å². The Morgan fingerprint density at radius 3 is 2.70 bits per heavy atom. The topological polar surface area (TPSA) is 66.5 Å². The van der Waals surface area contributed by atoms with E-state index in [-0.39, 0.29) is 29.5 Å². The third-order valence-electron chi connectivity index (χ3n) is 4.25. The normalized spacial score (nSPS) is 27.7. The minimum absolute atomic E-state index is 0.0400. The van der Waals surface area contributed by atoms with Crippen molar-refractivity contribution in [3.05, 3.63) is 26.9 Å². The number of nitrogens with one attached hydrogen (secondary N) is 1. The van der Waals surface area contributed by atoms with Crippen molar-refractivity contribution in [1.82, 2.24) is 10.2 Å². The first-order valence-electron chi connectivity index (χ1n) is 7.61. The van der Waals surface area contributed by atoms with Crippen molar-refractivity contribution in [3.63, 3.8) is 0 Å². The predicted molar refractivity (Wildman–Crippen MR) is 96.2 cm³/mol. The Bertz CT molecular complexity index is 708. The van der Waals surface area contributed by atoms with Crippen LogP contribution in [-0.4, -0.2) is 55.9 Å². The number of likely N-dealkylation sites (tertiary alicyclic amines) is 1. The number of hydrogen-bond donors (Lipinski definition) is 1. The van der Waals surface area contributed by atoms with Crippen LogP contribution < -0.4 is 5.32 Å². The molecule has 23 heavy (non-hydrogen) atoms. The summed E-state index contributed by atoms with van der Waals surface area (Å²) in [7, 11) is -3.08. The van der Waals surface area contributed by atoms with Crippen molar-refractivity contribution in [2.24, 2.45) is 0 Å². The summed E-state index contributed by atoms with van der Waals surface area (Å²) in [6, 6.07) is 3.45. The average Bonchev–Trinajstić information content (AvgIpc) is 3.17. The third kappa shape index (κ3) is 4.43. The highest BCUT2D eigenvalue weighted by Crippen LogP contribution is 2.24. The quantitative estimate of drug-likeness (QED) is 0.758. The van der Waals surface area contributed by atoms with Crippen LogP contribution in [0.3, 0.4) is 0 Å². The van der Waals surface area contributed by atoms with Crippen molar-refractivity contribution in [2.45, 2.75) is 24.9 Å². The number of carbonyl (C=O) groups excluding carboxylic acids is 1. The molecule has 2 saturated heterocycles. The van der Waals surface area contributed by atoms with Gasteiger partial charge < -0.3 is 5.32 Å². The van der Waals surface area contributed by atoms with Crippen LogP contribution in [0.1, 0.15) is 17.7 Å². The van der Waals surface area contributed by atoms with Crippen molar-refractivity contribution < 1.29 is 13.2 Å². The lowest BCUT2D eigenvalue weighted by atomic mass is 10.1. The molecule has 0 saturated carbocycles. The van der Waals surface area contributed by atoms with E-state index in [9.17, 15) is 13.2 Å². The molecule has 3 rings (SSSR count). The fourth-order valence-corrected chi connectivity index (χ4v) is 6.49. The smallest absolute Gasteiger partial charge is 0.244 e. The molecule has 2 fully saturated rings. The maximum atomic E-state index is 12.1. The Morgan fingerprint density at radius 1 is 1.30 bits per heavy atom. The highest BCUT2D eigenvalue weighted by molar-refractivity contribution is 9.11. The fraction of sp³-hybridized carbons (Fsp3) is 0.533. The standard InChI is InChI=1S/C15H19BrN2O3S2/c16-14-5-3-11(22-14)4-6-15(19)17-12-9-23(20,21)10-13(12)18-7-1-2-8-18/h3-6,12-13H,1-2,7-10H2,(H,17,19)/b6-4+. The van der Waals surface area contributed by atoms with Gasteiger partial charge >= 0.3 is 0 Å². The SMILES string of the molecule is O=C(/C=C/c1ccc(Br)s1)NC1CS(=O)(=O)CC1N1CCCC1. The van der Waals surface area contributed by atoms with E-state index in [4.69, 9.17) is 0 Å². The van der Waals surface area contributed by atoms with Crippen molar-refractivity contribution in [3.8, 4) is 0 Å². The Morgan fingerprint density at radius 2 is 2.04 bits per heavy atom. The Labute approximate surface area is 148 Å². The van der Waals surface area contributed by atoms with E-state index in [0.29, 0.717) is 0 Å². The van der Waals surface area contributed by atoms with Crippen LogP contribution in [-0.2, 0) is 14.6 Å². The number of hydrogen-bond acceptors (Lipinski definition) is 5. The number of nitrogens with zero attached hydrogens (tertiary/aromatic N) is 1. The summed E-state index contributed by atoms with van der Waals surface area (Å²) >= 11 is 4.92. The maximum Gasteiger partial charge on any atom is 0.244 e. The second-order valence-corrected chi connectivity index (χ2v) is 10.6. The molecule has 8 heteroatoms. The van der Waals surface area contributed by atoms with Gasteiger partial charge in [-0.15, -0.1) is 11.3 Å². The van der Waals surface area contributed by atoms with Crippen LogP contribution in [0, 0.1) is 0 Å². The van der Waals surface area contributed by atoms with Gasteiger partial charge in [-0.05, 0) is 60.1 Å². The number of thiophene rings is 1. The molecular weight excluding hydrogens is 400 g/mol. The van der Waals surface area contributed by atoms with Gasteiger partial charge in [0.2, 0.25) is 5.91 Å². The van der Waals surface area contributed by atoms with Crippen molar-refractivity contribution in [1.29, 1.82) is 0 Å². The zero-order chi connectivity index (χ0) is 16.4. The summed E-state index contributed by atoms with van der Waals surface area (Å²) in [4.78, 5) is 15.3. The van der Waals surface area contributed by atoms with Gasteiger partial charge in [-0.1, -0.05) is 0 Å². The molecule has 1 amide bonds. The molecule has 2 atom stereocenters. The second kappa shape index (κ2) is 7.04. The summed E-state index contributed by atoms with van der Waals surface area (Å²) in [6.45, 7) is 1.84. The molecule has 0 aromatic carbocycles. The van der Waals surface area contributed by atoms with E-state index in [1.54, 1.807) is 6.08 Å². The van der Waals surface area contributed by atoms with E-state index >= 15 is 0 Å². The Kier molecular flexibility index (Phi) is 5.25. The average molecular weight is 419 g/mol. The van der Waals surface area contributed by atoms with Gasteiger partial charge in [0.05, 0.1) is 21.3 Å². The van der Waals surface area contributed by atoms with Gasteiger partial charge in [-0.3, -0.25) is 9.69 Å². The number of halogens is 1. The van der Waals surface area contributed by atoms with Crippen LogP contribution in [0.4, 0.5) is 0 Å². The summed E-state index contributed by atoms with van der Waals surface area (Å²) in [6.07, 6.45) is 5.43. The number of rotatable bonds is 4. The van der Waals surface area contributed by atoms with E-state index in [0.717, 1.165) is 34.6 Å². The molecule has 0 radical (unpaired) electrons. The van der Waals surface area contributed by atoms with E-state index in [1.807, 2.05) is 12.1 Å². The van der Waals surface area contributed by atoms with Crippen molar-refractivity contribution >= 4 is 49.1 Å². The molecule has 2 unspecified atom stereocenters. The van der Waals surface area contributed by atoms with Gasteiger partial charge in [0.15, 0.2) is 9.84 Å². The molecule has 3 heterocycles. The van der Waals surface area contributed by atoms with Crippen LogP contribution in [0.5, 0.6) is 0 Å². The number of carbonyl (C=O) groups is 1. The lowest BCUT2D eigenvalue weighted by Crippen LogP contribution is -2.49. The second-order valence-electron chi connectivity index (χ2n) is 5.98. The lowest BCUT2D eigenvalue weighted by molar-refractivity contribution is -0.117. The highest BCUT2D eigenvalue weighted by atomic mass is 79.9. The molecule has 2 aliphatic rings. The summed E-state index contributed by atoms with van der Waals surface area (Å²) in [5.74, 6) is -0.0431. The molecule has 0 spiro atoms. The van der Waals surface area contributed by atoms with Gasteiger partial charge in [0, 0.05) is 17.0 Å². The highest BCUT2D eigenvalue weighted by Gasteiger charge is 2.42. The number of sulfone groups is 1. The van der Waals surface area contributed by atoms with Crippen LogP contribution in [0.2, 0.25) is 0 Å². The molecule has 1 aromatic rings. The fourth-order valence-electron chi connectivity index (χ4n) is 3.21. The zero-order valence-corrected chi connectivity index (χ0v) is 15.8. The molecule has 126 valence electrons. The maximum absolute atomic E-state index is 12.1. The minimum atomic E-state index is -3.08. The first-order valence-corrected chi connectivity index (χ1v) is 11.0. The third-order valence-corrected chi connectivity index (χ3v) is 7.56. The summed E-state index contributed by atoms with van der Waals surface area (Å²) in [5.41, 5.74) is 0. The molecule has 2 aliphatic heterocycles. The molecule has 5 nitrogen and oxygen atoms in total. The summed E-state index contributed by atoms with van der Waals surface area (Å²) in [5, 5.41) is 2.88. The minimum Gasteiger partial charge on any atom is -0.347 e. The van der Waals surface area contributed by atoms with Gasteiger partial charge in [0.25, 0.3) is 0 Å². The molecule has 1 N–H and O–H groups in total. The van der Waals surface area contributed by atoms with E-state index < -0.39 is 9.84 Å². The van der Waals surface area contributed by atoms with Gasteiger partial charge in [-0.2, -0.15) is 0 Å². The summed E-state index contributed by atoms with van der Waals surface area (Å²) < 4.78 is 25.0. The van der Waals surface area contributed by atoms with Gasteiger partial charge in [-0.25, -0.2) is 8.42 Å². The predicted octanol–water partition coefficient (Wildman–Crippen LogP) is 1.90. The lowest BCUT2D eigenvalue weighted by Gasteiger charge is -2.28. The largest absolute Gasteiger partial charge is 0.347 e. The molecule has 1 aromatic heterocycles. The Hall–Kier alpha value is -0.700. The van der Waals surface area contributed by atoms with Crippen molar-refractivity contribution in [2.75, 3.05) is 24.6 Å². The molecular formula is C15H19BrN2O3S2. The molecule has 0 bridgehead atoms. The van der Waals surface area contributed by atoms with E-state index in [2.05, 4.69) is 26.1 Å². The van der Waals surface area contributed by atoms with Gasteiger partial charge in [0.1, 0.15) is 0 Å². The monoisotopic (exact) mass is 418 g/mol. The van der Waals surface area contributed by atoms with E-state index in [1.165, 1.54) is 17.4 Å². The molecule has 0 aliphatic carbocycles. The van der Waals surface area contributed by atoms with Crippen LogP contribution >= 0.6 is 27.3 Å². The first kappa shape index (κ1) is 17.1. The number of amides is 1. The van der Waals surface area contributed by atoms with Crippen LogP contribution in [0.15, 0.2) is 22.0 Å². The zero-order valence-electron chi connectivity index (χ0n) is 12.6. The Balaban J connectivity index is 1.64. The first-order chi connectivity index (χ1) is 10.9.